The molecule has 4 heterocycles. The lowest BCUT2D eigenvalue weighted by atomic mass is 10.2. The maximum Gasteiger partial charge on any atom is 0.159 e. The molecule has 0 bridgehead atoms. The Morgan fingerprint density at radius 2 is 2.00 bits per heavy atom. The number of rotatable bonds is 5. The van der Waals surface area contributed by atoms with Crippen LogP contribution in [-0.2, 0) is 9.47 Å². The molecule has 5 rings (SSSR count). The quantitative estimate of drug-likeness (QED) is 0.259. The van der Waals surface area contributed by atoms with E-state index in [1.165, 1.54) is 13.4 Å². The van der Waals surface area contributed by atoms with Gasteiger partial charge < -0.3 is 23.9 Å². The second-order valence-corrected chi connectivity index (χ2v) is 9.66. The number of ether oxygens (including phenoxy) is 3. The molecule has 1 saturated heterocycles. The lowest BCUT2D eigenvalue weighted by Gasteiger charge is -2.16. The van der Waals surface area contributed by atoms with Crippen molar-refractivity contribution in [3.8, 4) is 5.75 Å². The minimum absolute atomic E-state index is 0.0216. The molecule has 1 aliphatic rings. The Hall–Kier alpha value is -2.30. The Morgan fingerprint density at radius 3 is 2.76 bits per heavy atom. The Balaban J connectivity index is 0.000000408. The van der Waals surface area contributed by atoms with Gasteiger partial charge in [0.1, 0.15) is 35.7 Å². The topological polar surface area (TPSA) is 91.5 Å². The molecule has 0 amide bonds. The Morgan fingerprint density at radius 1 is 1.21 bits per heavy atom. The van der Waals surface area contributed by atoms with E-state index in [0.717, 1.165) is 45.0 Å². The molecule has 1 aliphatic heterocycles. The van der Waals surface area contributed by atoms with E-state index >= 15 is 0 Å². The van der Waals surface area contributed by atoms with Crippen LogP contribution in [0, 0.1) is 0 Å². The minimum Gasteiger partial charge on any atom is -0.491 e. The van der Waals surface area contributed by atoms with Crippen LogP contribution in [0.2, 0.25) is 5.15 Å². The van der Waals surface area contributed by atoms with Crippen molar-refractivity contribution in [1.29, 1.82) is 0 Å². The van der Waals surface area contributed by atoms with Gasteiger partial charge in [0, 0.05) is 35.4 Å². The highest BCUT2D eigenvalue weighted by molar-refractivity contribution is 9.10. The number of methoxy groups -OCH3 is 1. The maximum absolute atomic E-state index is 8.60. The number of pyridine rings is 1. The van der Waals surface area contributed by atoms with E-state index in [1.54, 1.807) is 20.0 Å². The normalized spacial score (nSPS) is 18.2. The average Bonchev–Trinajstić information content (AvgIpc) is 3.45. The van der Waals surface area contributed by atoms with Crippen LogP contribution >= 0.6 is 27.5 Å². The average molecular weight is 550 g/mol. The lowest BCUT2D eigenvalue weighted by molar-refractivity contribution is -0.155. The molecule has 1 aromatic carbocycles. The third-order valence-electron chi connectivity index (χ3n) is 5.41. The molecule has 0 spiro atoms. The summed E-state index contributed by atoms with van der Waals surface area (Å²) in [5, 5.41) is 11.0. The highest BCUT2D eigenvalue weighted by Crippen LogP contribution is 2.32. The van der Waals surface area contributed by atoms with Gasteiger partial charge in [0.25, 0.3) is 0 Å². The lowest BCUT2D eigenvalue weighted by Crippen LogP contribution is -2.20. The fourth-order valence-electron chi connectivity index (χ4n) is 3.54. The molecule has 1 fully saturated rings. The number of hydrogen-bond donors (Lipinski definition) is 1. The Bertz CT molecular complexity index is 1280. The highest BCUT2D eigenvalue weighted by atomic mass is 79.9. The van der Waals surface area contributed by atoms with Crippen molar-refractivity contribution in [3.05, 3.63) is 58.7 Å². The first kappa shape index (κ1) is 24.8. The van der Waals surface area contributed by atoms with Crippen LogP contribution in [0.1, 0.15) is 32.9 Å². The van der Waals surface area contributed by atoms with Crippen LogP contribution in [0.25, 0.3) is 21.9 Å². The third kappa shape index (κ3) is 6.03. The van der Waals surface area contributed by atoms with Crippen LogP contribution in [0.5, 0.6) is 5.75 Å². The standard InChI is InChI=1S/C20H16BrClN4O2.C4H10O2/c21-13-7-12-1-2-14(8-17(12)23-9-13)27-10-15-3-4-18(28-15)26-6-5-16-19(22)24-11-25-20(16)26;1-4(2,5)6-3/h1-2,5-9,11,15,18H,3-4,10H2;5H,1-3H3/t15-,18+;/m0./s1. The monoisotopic (exact) mass is 548 g/mol. The van der Waals surface area contributed by atoms with Gasteiger partial charge in [-0.2, -0.15) is 0 Å². The number of aromatic nitrogens is 4. The smallest absolute Gasteiger partial charge is 0.159 e. The molecule has 10 heteroatoms. The van der Waals surface area contributed by atoms with Crippen molar-refractivity contribution in [2.24, 2.45) is 0 Å². The highest BCUT2D eigenvalue weighted by Gasteiger charge is 2.28. The third-order valence-corrected chi connectivity index (χ3v) is 6.15. The summed E-state index contributed by atoms with van der Waals surface area (Å²) in [5.74, 6) is -0.166. The fourth-order valence-corrected chi connectivity index (χ4v) is 4.08. The molecule has 0 radical (unpaired) electrons. The Labute approximate surface area is 211 Å². The first-order valence-electron chi connectivity index (χ1n) is 10.8. The van der Waals surface area contributed by atoms with E-state index in [-0.39, 0.29) is 12.3 Å². The van der Waals surface area contributed by atoms with E-state index in [2.05, 4.69) is 35.6 Å². The van der Waals surface area contributed by atoms with Crippen LogP contribution in [0.15, 0.2) is 53.5 Å². The number of hydrogen-bond acceptors (Lipinski definition) is 7. The Kier molecular flexibility index (Phi) is 7.69. The number of benzene rings is 1. The van der Waals surface area contributed by atoms with Crippen LogP contribution in [-0.4, -0.2) is 50.2 Å². The van der Waals surface area contributed by atoms with Crippen molar-refractivity contribution < 1.29 is 19.3 Å². The van der Waals surface area contributed by atoms with Gasteiger partial charge in [0.15, 0.2) is 5.79 Å². The van der Waals surface area contributed by atoms with Gasteiger partial charge in [-0.15, -0.1) is 0 Å². The van der Waals surface area contributed by atoms with Crippen LogP contribution in [0.3, 0.4) is 0 Å². The summed E-state index contributed by atoms with van der Waals surface area (Å²) in [4.78, 5) is 12.8. The van der Waals surface area contributed by atoms with Crippen molar-refractivity contribution in [2.75, 3.05) is 13.7 Å². The number of fused-ring (bicyclic) bond motifs is 2. The van der Waals surface area contributed by atoms with Gasteiger partial charge >= 0.3 is 0 Å². The molecule has 0 aliphatic carbocycles. The van der Waals surface area contributed by atoms with Gasteiger partial charge in [-0.25, -0.2) is 9.97 Å². The largest absolute Gasteiger partial charge is 0.491 e. The van der Waals surface area contributed by atoms with Crippen molar-refractivity contribution in [3.63, 3.8) is 0 Å². The fraction of sp³-hybridized carbons (Fsp3) is 0.375. The van der Waals surface area contributed by atoms with Gasteiger partial charge in [-0.3, -0.25) is 4.98 Å². The molecular weight excluding hydrogens is 524 g/mol. The molecule has 34 heavy (non-hydrogen) atoms. The predicted molar refractivity (Wildman–Crippen MR) is 134 cm³/mol. The van der Waals surface area contributed by atoms with E-state index in [1.807, 2.05) is 41.1 Å². The summed E-state index contributed by atoms with van der Waals surface area (Å²) < 4.78 is 19.6. The number of halogens is 2. The zero-order valence-corrected chi connectivity index (χ0v) is 21.5. The van der Waals surface area contributed by atoms with Crippen molar-refractivity contribution in [1.82, 2.24) is 19.5 Å². The number of aliphatic hydroxyl groups is 1. The van der Waals surface area contributed by atoms with E-state index < -0.39 is 5.79 Å². The second kappa shape index (κ2) is 10.5. The summed E-state index contributed by atoms with van der Waals surface area (Å²) in [6.07, 6.45) is 6.97. The first-order valence-corrected chi connectivity index (χ1v) is 12.0. The first-order chi connectivity index (χ1) is 16.2. The SMILES string of the molecule is COC(C)(C)O.Clc1ncnc2c1ccn2[C@H]1CC[C@@H](COc2ccc3cc(Br)cnc3c2)O1. The number of nitrogens with zero attached hydrogens (tertiary/aromatic N) is 4. The van der Waals surface area contributed by atoms with Crippen molar-refractivity contribution in [2.45, 2.75) is 44.8 Å². The van der Waals surface area contributed by atoms with E-state index in [9.17, 15) is 0 Å². The van der Waals surface area contributed by atoms with E-state index in [4.69, 9.17) is 26.2 Å². The van der Waals surface area contributed by atoms with E-state index in [0.29, 0.717) is 11.8 Å². The predicted octanol–water partition coefficient (Wildman–Crippen LogP) is 5.51. The summed E-state index contributed by atoms with van der Waals surface area (Å²) >= 11 is 9.58. The maximum atomic E-state index is 8.60. The summed E-state index contributed by atoms with van der Waals surface area (Å²) in [6.45, 7) is 3.65. The van der Waals surface area contributed by atoms with Crippen LogP contribution < -0.4 is 4.74 Å². The van der Waals surface area contributed by atoms with Crippen molar-refractivity contribution >= 4 is 49.5 Å². The summed E-state index contributed by atoms with van der Waals surface area (Å²) in [7, 11) is 1.46. The van der Waals surface area contributed by atoms with Gasteiger partial charge in [-0.1, -0.05) is 11.6 Å². The summed E-state index contributed by atoms with van der Waals surface area (Å²) in [6, 6.07) is 9.88. The molecule has 180 valence electrons. The molecule has 1 N–H and O–H groups in total. The molecule has 0 unspecified atom stereocenters. The second-order valence-electron chi connectivity index (χ2n) is 8.38. The van der Waals surface area contributed by atoms with Gasteiger partial charge in [0.2, 0.25) is 0 Å². The molecule has 8 nitrogen and oxygen atoms in total. The molecule has 4 aromatic rings. The van der Waals surface area contributed by atoms with Crippen LogP contribution in [0.4, 0.5) is 0 Å². The molecule has 3 aromatic heterocycles. The van der Waals surface area contributed by atoms with Gasteiger partial charge in [-0.05, 0) is 66.9 Å². The molecule has 0 saturated carbocycles. The molecule has 2 atom stereocenters. The molecular formula is C24H26BrClN4O4. The van der Waals surface area contributed by atoms with Gasteiger partial charge in [0.05, 0.1) is 17.0 Å². The zero-order chi connectivity index (χ0) is 24.3. The zero-order valence-electron chi connectivity index (χ0n) is 19.1. The minimum atomic E-state index is -0.958. The summed E-state index contributed by atoms with van der Waals surface area (Å²) in [5.41, 5.74) is 1.69.